The van der Waals surface area contributed by atoms with Crippen molar-refractivity contribution >= 4 is 16.8 Å². The normalized spacial score (nSPS) is 11.0. The Labute approximate surface area is 166 Å². The molecule has 8 heteroatoms. The molecule has 0 saturated heterocycles. The number of hydrogen-bond acceptors (Lipinski definition) is 5. The molecule has 29 heavy (non-hydrogen) atoms. The predicted octanol–water partition coefficient (Wildman–Crippen LogP) is 1.91. The van der Waals surface area contributed by atoms with Crippen molar-refractivity contribution in [2.24, 2.45) is 0 Å². The van der Waals surface area contributed by atoms with Gasteiger partial charge in [-0.05, 0) is 38.1 Å². The monoisotopic (exact) mass is 388 g/mol. The molecule has 0 radical (unpaired) electrons. The van der Waals surface area contributed by atoms with Gasteiger partial charge < -0.3 is 5.32 Å². The van der Waals surface area contributed by atoms with E-state index >= 15 is 0 Å². The van der Waals surface area contributed by atoms with Crippen LogP contribution in [0.1, 0.15) is 17.1 Å². The number of carbonyl (C=O) groups excluding carboxylic acids is 1. The summed E-state index contributed by atoms with van der Waals surface area (Å²) in [6.07, 6.45) is 1.66. The van der Waals surface area contributed by atoms with Crippen molar-refractivity contribution in [3.63, 3.8) is 0 Å². The van der Waals surface area contributed by atoms with Gasteiger partial charge in [0.05, 0.1) is 34.7 Å². The Morgan fingerprint density at radius 3 is 2.52 bits per heavy atom. The van der Waals surface area contributed by atoms with Crippen LogP contribution in [0, 0.1) is 13.8 Å². The number of aromatic nitrogens is 5. The van der Waals surface area contributed by atoms with Gasteiger partial charge in [0.25, 0.3) is 5.56 Å². The minimum Gasteiger partial charge on any atom is -0.349 e. The average molecular weight is 388 g/mol. The van der Waals surface area contributed by atoms with Gasteiger partial charge in [-0.15, -0.1) is 0 Å². The van der Waals surface area contributed by atoms with Crippen LogP contribution >= 0.6 is 0 Å². The van der Waals surface area contributed by atoms with Gasteiger partial charge in [-0.3, -0.25) is 14.6 Å². The van der Waals surface area contributed by atoms with Crippen LogP contribution in [0.2, 0.25) is 0 Å². The molecule has 0 spiro atoms. The smallest absolute Gasteiger partial charge is 0.278 e. The van der Waals surface area contributed by atoms with Gasteiger partial charge in [0.1, 0.15) is 12.1 Å². The van der Waals surface area contributed by atoms with E-state index in [2.05, 4.69) is 20.5 Å². The maximum absolute atomic E-state index is 13.0. The number of amides is 1. The molecule has 0 saturated carbocycles. The molecule has 0 atom stereocenters. The molecule has 1 N–H and O–H groups in total. The summed E-state index contributed by atoms with van der Waals surface area (Å²) < 4.78 is 2.92. The van der Waals surface area contributed by atoms with E-state index in [1.54, 1.807) is 17.8 Å². The van der Waals surface area contributed by atoms with Crippen molar-refractivity contribution in [1.82, 2.24) is 29.9 Å². The van der Waals surface area contributed by atoms with E-state index in [-0.39, 0.29) is 18.0 Å². The van der Waals surface area contributed by atoms with E-state index in [4.69, 9.17) is 0 Å². The minimum absolute atomic E-state index is 0.168. The predicted molar refractivity (Wildman–Crippen MR) is 109 cm³/mol. The number of fused-ring (bicyclic) bond motifs is 1. The third kappa shape index (κ3) is 3.64. The number of hydrogen-bond donors (Lipinski definition) is 1. The molecule has 0 unspecified atom stereocenters. The van der Waals surface area contributed by atoms with Gasteiger partial charge in [-0.1, -0.05) is 24.3 Å². The van der Waals surface area contributed by atoms with Crippen molar-refractivity contribution in [2.75, 3.05) is 0 Å². The van der Waals surface area contributed by atoms with E-state index in [1.807, 2.05) is 55.5 Å². The fourth-order valence-electron chi connectivity index (χ4n) is 3.23. The Morgan fingerprint density at radius 1 is 1.03 bits per heavy atom. The zero-order valence-electron chi connectivity index (χ0n) is 16.2. The fraction of sp³-hybridized carbons (Fsp3) is 0.190. The Balaban J connectivity index is 1.64. The van der Waals surface area contributed by atoms with Crippen molar-refractivity contribution in [3.05, 3.63) is 82.2 Å². The first-order chi connectivity index (χ1) is 14.0. The first-order valence-electron chi connectivity index (χ1n) is 9.23. The SMILES string of the molecule is Cc1nn(CC(=O)NCc2ccccn2)c(=O)c2c(C)n(-c3ccccc3)nc12. The summed E-state index contributed by atoms with van der Waals surface area (Å²) in [7, 11) is 0. The van der Waals surface area contributed by atoms with Crippen LogP contribution in [0.25, 0.3) is 16.6 Å². The summed E-state index contributed by atoms with van der Waals surface area (Å²) in [4.78, 5) is 29.5. The van der Waals surface area contributed by atoms with Crippen LogP contribution in [0.3, 0.4) is 0 Å². The summed E-state index contributed by atoms with van der Waals surface area (Å²) in [5, 5.41) is 12.1. The van der Waals surface area contributed by atoms with Crippen molar-refractivity contribution in [2.45, 2.75) is 26.9 Å². The highest BCUT2D eigenvalue weighted by molar-refractivity contribution is 5.83. The van der Waals surface area contributed by atoms with Crippen molar-refractivity contribution < 1.29 is 4.79 Å². The summed E-state index contributed by atoms with van der Waals surface area (Å²) in [6, 6.07) is 15.1. The van der Waals surface area contributed by atoms with Gasteiger partial charge in [-0.2, -0.15) is 10.2 Å². The maximum atomic E-state index is 13.0. The highest BCUT2D eigenvalue weighted by Gasteiger charge is 2.18. The first kappa shape index (κ1) is 18.5. The average Bonchev–Trinajstić information content (AvgIpc) is 3.10. The Morgan fingerprint density at radius 2 is 1.79 bits per heavy atom. The molecule has 4 rings (SSSR count). The molecule has 3 heterocycles. The van der Waals surface area contributed by atoms with Gasteiger partial charge >= 0.3 is 0 Å². The van der Waals surface area contributed by atoms with Gasteiger partial charge in [0, 0.05) is 6.20 Å². The summed E-state index contributed by atoms with van der Waals surface area (Å²) in [5.41, 5.74) is 3.12. The molecule has 4 aromatic rings. The zero-order chi connectivity index (χ0) is 20.4. The topological polar surface area (TPSA) is 94.7 Å². The zero-order valence-corrected chi connectivity index (χ0v) is 16.2. The second-order valence-electron chi connectivity index (χ2n) is 6.70. The van der Waals surface area contributed by atoms with Crippen LogP contribution < -0.4 is 10.9 Å². The van der Waals surface area contributed by atoms with Crippen molar-refractivity contribution in [1.29, 1.82) is 0 Å². The van der Waals surface area contributed by atoms with Crippen LogP contribution in [-0.4, -0.2) is 30.5 Å². The quantitative estimate of drug-likeness (QED) is 0.564. The molecule has 0 aliphatic rings. The second-order valence-corrected chi connectivity index (χ2v) is 6.70. The van der Waals surface area contributed by atoms with Crippen LogP contribution in [0.4, 0.5) is 0 Å². The van der Waals surface area contributed by atoms with E-state index in [0.717, 1.165) is 11.4 Å². The molecular formula is C21H20N6O2. The van der Waals surface area contributed by atoms with Gasteiger partial charge in [0.15, 0.2) is 0 Å². The van der Waals surface area contributed by atoms with Crippen LogP contribution in [-0.2, 0) is 17.9 Å². The van der Waals surface area contributed by atoms with E-state index in [0.29, 0.717) is 28.8 Å². The number of pyridine rings is 1. The maximum Gasteiger partial charge on any atom is 0.278 e. The molecule has 3 aromatic heterocycles. The fourth-order valence-corrected chi connectivity index (χ4v) is 3.23. The molecule has 0 aliphatic carbocycles. The van der Waals surface area contributed by atoms with E-state index < -0.39 is 0 Å². The Hall–Kier alpha value is -3.81. The lowest BCUT2D eigenvalue weighted by molar-refractivity contribution is -0.122. The third-order valence-corrected chi connectivity index (χ3v) is 4.66. The lowest BCUT2D eigenvalue weighted by Gasteiger charge is -2.07. The first-order valence-corrected chi connectivity index (χ1v) is 9.23. The number of carbonyl (C=O) groups is 1. The largest absolute Gasteiger partial charge is 0.349 e. The van der Waals surface area contributed by atoms with Gasteiger partial charge in [0.2, 0.25) is 5.91 Å². The van der Waals surface area contributed by atoms with E-state index in [9.17, 15) is 9.59 Å². The number of nitrogens with one attached hydrogen (secondary N) is 1. The molecule has 0 bridgehead atoms. The summed E-state index contributed by atoms with van der Waals surface area (Å²) in [6.45, 7) is 3.75. The number of benzene rings is 1. The van der Waals surface area contributed by atoms with E-state index in [1.165, 1.54) is 4.68 Å². The molecule has 1 aromatic carbocycles. The standard InChI is InChI=1S/C21H20N6O2/c1-14-20-19(15(2)27(25-20)17-9-4-3-5-10-17)21(29)26(24-14)13-18(28)23-12-16-8-6-7-11-22-16/h3-11H,12-13H2,1-2H3,(H,23,28). The number of rotatable bonds is 5. The van der Waals surface area contributed by atoms with Gasteiger partial charge in [-0.25, -0.2) is 9.36 Å². The van der Waals surface area contributed by atoms with Crippen LogP contribution in [0.15, 0.2) is 59.5 Å². The molecule has 1 amide bonds. The highest BCUT2D eigenvalue weighted by Crippen LogP contribution is 2.19. The molecule has 0 aliphatic heterocycles. The second kappa shape index (κ2) is 7.67. The molecular weight excluding hydrogens is 368 g/mol. The minimum atomic E-state index is -0.335. The van der Waals surface area contributed by atoms with Crippen molar-refractivity contribution in [3.8, 4) is 5.69 Å². The third-order valence-electron chi connectivity index (χ3n) is 4.66. The molecule has 146 valence electrons. The highest BCUT2D eigenvalue weighted by atomic mass is 16.2. The summed E-state index contributed by atoms with van der Waals surface area (Å²) >= 11 is 0. The summed E-state index contributed by atoms with van der Waals surface area (Å²) in [5.74, 6) is -0.308. The molecule has 0 fully saturated rings. The number of aryl methyl sites for hydroxylation is 2. The lowest BCUT2D eigenvalue weighted by Crippen LogP contribution is -2.34. The molecule has 8 nitrogen and oxygen atoms in total. The van der Waals surface area contributed by atoms with Crippen LogP contribution in [0.5, 0.6) is 0 Å². The lowest BCUT2D eigenvalue weighted by atomic mass is 10.2. The number of para-hydroxylation sites is 1. The Bertz CT molecular complexity index is 1230. The Kier molecular flexibility index (Phi) is 4.90. The number of nitrogens with zero attached hydrogens (tertiary/aromatic N) is 5.